The third-order valence-electron chi connectivity index (χ3n) is 2.83. The smallest absolute Gasteiger partial charge is 0.187 e. The van der Waals surface area contributed by atoms with Crippen LogP contribution in [0.25, 0.3) is 0 Å². The van der Waals surface area contributed by atoms with E-state index in [0.29, 0.717) is 6.61 Å². The molecule has 0 saturated carbocycles. The van der Waals surface area contributed by atoms with E-state index in [4.69, 9.17) is 4.74 Å². The van der Waals surface area contributed by atoms with Crippen LogP contribution in [0.2, 0.25) is 0 Å². The minimum Gasteiger partial charge on any atom is -0.494 e. The molecule has 1 N–H and O–H groups in total. The summed E-state index contributed by atoms with van der Waals surface area (Å²) in [4.78, 5) is 8.37. The first kappa shape index (κ1) is 18.7. The van der Waals surface area contributed by atoms with E-state index in [-0.39, 0.29) is 12.4 Å². The Morgan fingerprint density at radius 2 is 1.86 bits per heavy atom. The van der Waals surface area contributed by atoms with Crippen LogP contribution in [0.4, 0.5) is 0 Å². The lowest BCUT2D eigenvalue weighted by molar-refractivity contribution is 0.340. The summed E-state index contributed by atoms with van der Waals surface area (Å²) in [6.45, 7) is 4.58. The number of hydrogen-bond donors (Lipinski definition) is 1. The maximum atomic E-state index is 5.43. The first-order valence-electron chi connectivity index (χ1n) is 7.21. The first-order chi connectivity index (χ1) is 10.4. The highest BCUT2D eigenvalue weighted by Gasteiger charge is 1.97. The molecule has 0 amide bonds. The van der Waals surface area contributed by atoms with Crippen molar-refractivity contribution in [3.8, 4) is 5.75 Å². The van der Waals surface area contributed by atoms with E-state index in [1.807, 2.05) is 25.1 Å². The van der Waals surface area contributed by atoms with Gasteiger partial charge in [-0.2, -0.15) is 0 Å². The molecule has 0 fully saturated rings. The summed E-state index contributed by atoms with van der Waals surface area (Å²) >= 11 is 1.70. The minimum absolute atomic E-state index is 0. The molecular weight excluding hydrogens is 318 g/mol. The van der Waals surface area contributed by atoms with Crippen molar-refractivity contribution >= 4 is 24.2 Å². The third-order valence-corrected chi connectivity index (χ3v) is 3.80. The molecule has 120 valence electrons. The van der Waals surface area contributed by atoms with Gasteiger partial charge in [-0.05, 0) is 43.7 Å². The predicted molar refractivity (Wildman–Crippen MR) is 93.9 cm³/mol. The fourth-order valence-corrected chi connectivity index (χ4v) is 2.57. The second kappa shape index (κ2) is 11.3. The van der Waals surface area contributed by atoms with Crippen molar-refractivity contribution in [1.82, 2.24) is 15.3 Å². The van der Waals surface area contributed by atoms with E-state index in [2.05, 4.69) is 27.4 Å². The molecule has 2 aromatic rings. The van der Waals surface area contributed by atoms with Crippen LogP contribution in [0.1, 0.15) is 18.9 Å². The Morgan fingerprint density at radius 3 is 2.55 bits per heavy atom. The Bertz CT molecular complexity index is 511. The third kappa shape index (κ3) is 7.11. The summed E-state index contributed by atoms with van der Waals surface area (Å²) < 4.78 is 5.43. The van der Waals surface area contributed by atoms with Gasteiger partial charge in [0.25, 0.3) is 0 Å². The molecule has 4 nitrogen and oxygen atoms in total. The van der Waals surface area contributed by atoms with Gasteiger partial charge in [0.05, 0.1) is 6.61 Å². The fourth-order valence-electron chi connectivity index (χ4n) is 1.82. The number of aromatic nitrogens is 2. The van der Waals surface area contributed by atoms with Crippen molar-refractivity contribution in [3.63, 3.8) is 0 Å². The zero-order chi connectivity index (χ0) is 14.8. The van der Waals surface area contributed by atoms with E-state index >= 15 is 0 Å². The molecule has 0 radical (unpaired) electrons. The summed E-state index contributed by atoms with van der Waals surface area (Å²) in [7, 11) is 0. The maximum absolute atomic E-state index is 5.43. The maximum Gasteiger partial charge on any atom is 0.187 e. The van der Waals surface area contributed by atoms with Gasteiger partial charge in [-0.15, -0.1) is 12.4 Å². The SMILES string of the molecule is CCOc1ccc(CNCCCSc2ncccn2)cc1.Cl. The molecule has 1 aromatic carbocycles. The zero-order valence-electron chi connectivity index (χ0n) is 12.7. The average molecular weight is 340 g/mol. The summed E-state index contributed by atoms with van der Waals surface area (Å²) in [5.74, 6) is 1.96. The highest BCUT2D eigenvalue weighted by Crippen LogP contribution is 2.13. The van der Waals surface area contributed by atoms with Crippen LogP contribution < -0.4 is 10.1 Å². The number of hydrogen-bond acceptors (Lipinski definition) is 5. The van der Waals surface area contributed by atoms with Crippen LogP contribution >= 0.6 is 24.2 Å². The largest absolute Gasteiger partial charge is 0.494 e. The van der Waals surface area contributed by atoms with Gasteiger partial charge in [-0.3, -0.25) is 0 Å². The van der Waals surface area contributed by atoms with Gasteiger partial charge in [0.2, 0.25) is 0 Å². The van der Waals surface area contributed by atoms with Crippen LogP contribution in [-0.2, 0) is 6.54 Å². The van der Waals surface area contributed by atoms with E-state index in [1.54, 1.807) is 24.2 Å². The van der Waals surface area contributed by atoms with Crippen molar-refractivity contribution in [1.29, 1.82) is 0 Å². The van der Waals surface area contributed by atoms with Gasteiger partial charge in [0.1, 0.15) is 5.75 Å². The molecule has 0 saturated heterocycles. The monoisotopic (exact) mass is 339 g/mol. The van der Waals surface area contributed by atoms with Crippen molar-refractivity contribution in [2.75, 3.05) is 18.9 Å². The Morgan fingerprint density at radius 1 is 1.14 bits per heavy atom. The van der Waals surface area contributed by atoms with Crippen molar-refractivity contribution in [2.24, 2.45) is 0 Å². The molecule has 0 aliphatic heterocycles. The Kier molecular flexibility index (Phi) is 9.62. The van der Waals surface area contributed by atoms with Crippen molar-refractivity contribution < 1.29 is 4.74 Å². The van der Waals surface area contributed by atoms with Gasteiger partial charge in [0.15, 0.2) is 5.16 Å². The first-order valence-corrected chi connectivity index (χ1v) is 8.19. The second-order valence-corrected chi connectivity index (χ2v) is 5.55. The normalized spacial score (nSPS) is 10.0. The van der Waals surface area contributed by atoms with E-state index in [1.165, 1.54) is 5.56 Å². The highest BCUT2D eigenvalue weighted by molar-refractivity contribution is 7.99. The Labute approximate surface area is 142 Å². The van der Waals surface area contributed by atoms with E-state index < -0.39 is 0 Å². The number of ether oxygens (including phenoxy) is 1. The molecule has 0 unspecified atom stereocenters. The minimum atomic E-state index is 0. The molecule has 1 heterocycles. The zero-order valence-corrected chi connectivity index (χ0v) is 14.3. The predicted octanol–water partition coefficient (Wildman–Crippen LogP) is 3.57. The molecule has 2 rings (SSSR count). The number of rotatable bonds is 9. The number of thioether (sulfide) groups is 1. The molecule has 22 heavy (non-hydrogen) atoms. The summed E-state index contributed by atoms with van der Waals surface area (Å²) in [5.41, 5.74) is 1.28. The molecule has 0 aliphatic rings. The average Bonchev–Trinajstić information content (AvgIpc) is 2.53. The summed E-state index contributed by atoms with van der Waals surface area (Å²) in [5, 5.41) is 4.30. The standard InChI is InChI=1S/C16H21N3OS.ClH/c1-2-20-15-7-5-14(6-8-15)13-17-9-4-12-21-16-18-10-3-11-19-16;/h3,5-8,10-11,17H,2,4,9,12-13H2,1H3;1H. The second-order valence-electron chi connectivity index (χ2n) is 4.49. The van der Waals surface area contributed by atoms with Gasteiger partial charge in [0, 0.05) is 24.7 Å². The number of halogens is 1. The molecule has 0 atom stereocenters. The Hall–Kier alpha value is -1.30. The molecule has 6 heteroatoms. The number of nitrogens with zero attached hydrogens (tertiary/aromatic N) is 2. The molecular formula is C16H22ClN3OS. The van der Waals surface area contributed by atoms with Crippen LogP contribution in [0, 0.1) is 0 Å². The van der Waals surface area contributed by atoms with Gasteiger partial charge < -0.3 is 10.1 Å². The molecule has 0 bridgehead atoms. The van der Waals surface area contributed by atoms with Gasteiger partial charge >= 0.3 is 0 Å². The van der Waals surface area contributed by atoms with E-state index in [9.17, 15) is 0 Å². The highest BCUT2D eigenvalue weighted by atomic mass is 35.5. The van der Waals surface area contributed by atoms with Crippen LogP contribution in [0.15, 0.2) is 47.9 Å². The van der Waals surface area contributed by atoms with Crippen molar-refractivity contribution in [2.45, 2.75) is 25.0 Å². The summed E-state index contributed by atoms with van der Waals surface area (Å²) in [6, 6.07) is 10.1. The molecule has 0 spiro atoms. The number of nitrogens with one attached hydrogen (secondary N) is 1. The lowest BCUT2D eigenvalue weighted by atomic mass is 10.2. The van der Waals surface area contributed by atoms with Crippen LogP contribution in [-0.4, -0.2) is 28.9 Å². The lowest BCUT2D eigenvalue weighted by Gasteiger charge is -2.06. The van der Waals surface area contributed by atoms with Crippen LogP contribution in [0.5, 0.6) is 5.75 Å². The van der Waals surface area contributed by atoms with Gasteiger partial charge in [-0.1, -0.05) is 23.9 Å². The van der Waals surface area contributed by atoms with Crippen molar-refractivity contribution in [3.05, 3.63) is 48.3 Å². The number of benzene rings is 1. The van der Waals surface area contributed by atoms with E-state index in [0.717, 1.165) is 36.2 Å². The van der Waals surface area contributed by atoms with Crippen LogP contribution in [0.3, 0.4) is 0 Å². The fraction of sp³-hybridized carbons (Fsp3) is 0.375. The lowest BCUT2D eigenvalue weighted by Crippen LogP contribution is -2.15. The summed E-state index contributed by atoms with van der Waals surface area (Å²) in [6.07, 6.45) is 4.65. The Balaban J connectivity index is 0.00000242. The molecule has 1 aromatic heterocycles. The van der Waals surface area contributed by atoms with Gasteiger partial charge in [-0.25, -0.2) is 9.97 Å². The topological polar surface area (TPSA) is 47.0 Å². The quantitative estimate of drug-likeness (QED) is 0.430. The molecule has 0 aliphatic carbocycles.